The summed E-state index contributed by atoms with van der Waals surface area (Å²) in [5, 5.41) is 3.47. The number of aromatic nitrogens is 1. The van der Waals surface area contributed by atoms with Crippen LogP contribution < -0.4 is 5.32 Å². The molecule has 8 nitrogen and oxygen atoms in total. The largest absolute Gasteiger partial charge is 0.350 e. The minimum atomic E-state index is -3.77. The fourth-order valence-electron chi connectivity index (χ4n) is 4.32. The monoisotopic (exact) mass is 590 g/mol. The number of carbonyl (C=O) groups is 2. The van der Waals surface area contributed by atoms with E-state index in [4.69, 9.17) is 11.6 Å². The molecule has 4 rings (SSSR count). The standard InChI is InChI=1S/C31H31ClN4O4S/c1-41(39,40)35(21-25-8-4-2-5-9-25)23-29(37)36(22-26-12-14-28(32)15-13-26)30(27-10-6-3-7-11-27)31(38)34-20-24-16-18-33-19-17-24/h2-19,30H,20-23H2,1H3,(H,34,38)/t30-/m0/s1. The zero-order valence-corrected chi connectivity index (χ0v) is 24.1. The quantitative estimate of drug-likeness (QED) is 0.260. The van der Waals surface area contributed by atoms with Crippen LogP contribution in [0.15, 0.2) is 109 Å². The summed E-state index contributed by atoms with van der Waals surface area (Å²) in [4.78, 5) is 33.3. The topological polar surface area (TPSA) is 99.7 Å². The van der Waals surface area contributed by atoms with Gasteiger partial charge < -0.3 is 10.2 Å². The number of sulfonamides is 1. The Bertz CT molecular complexity index is 1540. The van der Waals surface area contributed by atoms with Crippen LogP contribution in [0.4, 0.5) is 0 Å². The molecule has 10 heteroatoms. The lowest BCUT2D eigenvalue weighted by atomic mass is 10.0. The molecule has 0 fully saturated rings. The Morgan fingerprint density at radius 2 is 1.39 bits per heavy atom. The highest BCUT2D eigenvalue weighted by molar-refractivity contribution is 7.88. The summed E-state index contributed by atoms with van der Waals surface area (Å²) in [6.07, 6.45) is 4.35. The molecule has 0 saturated heterocycles. The number of carbonyl (C=O) groups excluding carboxylic acids is 2. The Hall–Kier alpha value is -4.05. The number of halogens is 1. The molecule has 0 aliphatic heterocycles. The first-order valence-electron chi connectivity index (χ1n) is 13.0. The molecular formula is C31H31ClN4O4S. The number of pyridine rings is 1. The average Bonchev–Trinajstić information content (AvgIpc) is 2.97. The molecule has 1 atom stereocenters. The number of benzene rings is 3. The van der Waals surface area contributed by atoms with Gasteiger partial charge in [0.25, 0.3) is 0 Å². The van der Waals surface area contributed by atoms with Crippen molar-refractivity contribution in [1.82, 2.24) is 19.5 Å². The molecule has 0 radical (unpaired) electrons. The minimum absolute atomic E-state index is 0.0183. The number of nitrogens with zero attached hydrogens (tertiary/aromatic N) is 3. The van der Waals surface area contributed by atoms with E-state index >= 15 is 0 Å². The van der Waals surface area contributed by atoms with Crippen LogP contribution in [0.1, 0.15) is 28.3 Å². The summed E-state index contributed by atoms with van der Waals surface area (Å²) in [6, 6.07) is 27.5. The lowest BCUT2D eigenvalue weighted by Gasteiger charge is -2.33. The highest BCUT2D eigenvalue weighted by Crippen LogP contribution is 2.25. The van der Waals surface area contributed by atoms with E-state index < -0.39 is 34.4 Å². The second-order valence-electron chi connectivity index (χ2n) is 9.55. The van der Waals surface area contributed by atoms with Gasteiger partial charge in [-0.25, -0.2) is 8.42 Å². The van der Waals surface area contributed by atoms with Crippen molar-refractivity contribution >= 4 is 33.4 Å². The van der Waals surface area contributed by atoms with Gasteiger partial charge in [-0.1, -0.05) is 84.4 Å². The third-order valence-electron chi connectivity index (χ3n) is 6.46. The van der Waals surface area contributed by atoms with Crippen LogP contribution in [0.2, 0.25) is 5.02 Å². The second-order valence-corrected chi connectivity index (χ2v) is 12.0. The van der Waals surface area contributed by atoms with Gasteiger partial charge in [-0.05, 0) is 46.5 Å². The van der Waals surface area contributed by atoms with Gasteiger partial charge in [0.05, 0.1) is 12.8 Å². The van der Waals surface area contributed by atoms with Crippen LogP contribution in [0.25, 0.3) is 0 Å². The van der Waals surface area contributed by atoms with Gasteiger partial charge in [0, 0.05) is 37.1 Å². The van der Waals surface area contributed by atoms with E-state index in [-0.39, 0.29) is 19.6 Å². The average molecular weight is 591 g/mol. The van der Waals surface area contributed by atoms with Crippen LogP contribution in [-0.2, 0) is 39.2 Å². The van der Waals surface area contributed by atoms with Crippen molar-refractivity contribution in [2.24, 2.45) is 0 Å². The molecule has 2 amide bonds. The third kappa shape index (κ3) is 8.72. The van der Waals surface area contributed by atoms with Gasteiger partial charge >= 0.3 is 0 Å². The van der Waals surface area contributed by atoms with Gasteiger partial charge in [0.1, 0.15) is 6.04 Å². The summed E-state index contributed by atoms with van der Waals surface area (Å²) in [7, 11) is -3.77. The molecule has 0 spiro atoms. The number of hydrogen-bond donors (Lipinski definition) is 1. The predicted molar refractivity (Wildman–Crippen MR) is 159 cm³/mol. The van der Waals surface area contributed by atoms with Gasteiger partial charge in [-0.3, -0.25) is 14.6 Å². The van der Waals surface area contributed by atoms with Gasteiger partial charge in [0.2, 0.25) is 21.8 Å². The van der Waals surface area contributed by atoms with E-state index in [0.29, 0.717) is 10.6 Å². The van der Waals surface area contributed by atoms with Crippen molar-refractivity contribution < 1.29 is 18.0 Å². The number of hydrogen-bond acceptors (Lipinski definition) is 5. The Morgan fingerprint density at radius 1 is 0.805 bits per heavy atom. The summed E-state index contributed by atoms with van der Waals surface area (Å²) in [6.45, 7) is -0.134. The Labute approximate surface area is 245 Å². The fraction of sp³-hybridized carbons (Fsp3) is 0.194. The maximum atomic E-state index is 14.1. The molecule has 0 aliphatic rings. The summed E-state index contributed by atoms with van der Waals surface area (Å²) >= 11 is 6.09. The Balaban J connectivity index is 1.69. The lowest BCUT2D eigenvalue weighted by Crippen LogP contribution is -2.47. The maximum Gasteiger partial charge on any atom is 0.247 e. The first-order chi connectivity index (χ1) is 19.7. The maximum absolute atomic E-state index is 14.1. The van der Waals surface area contributed by atoms with E-state index in [1.165, 1.54) is 4.90 Å². The lowest BCUT2D eigenvalue weighted by molar-refractivity contribution is -0.141. The van der Waals surface area contributed by atoms with Crippen molar-refractivity contribution in [2.75, 3.05) is 12.8 Å². The minimum Gasteiger partial charge on any atom is -0.350 e. The summed E-state index contributed by atoms with van der Waals surface area (Å²) < 4.78 is 26.7. The highest BCUT2D eigenvalue weighted by atomic mass is 35.5. The highest BCUT2D eigenvalue weighted by Gasteiger charge is 2.33. The molecule has 1 N–H and O–H groups in total. The third-order valence-corrected chi connectivity index (χ3v) is 7.91. The van der Waals surface area contributed by atoms with Gasteiger partial charge in [-0.15, -0.1) is 0 Å². The molecule has 1 heterocycles. The number of amides is 2. The Kier molecular flexibility index (Phi) is 10.2. The van der Waals surface area contributed by atoms with Crippen LogP contribution in [-0.4, -0.2) is 47.2 Å². The molecule has 4 aromatic rings. The molecular weight excluding hydrogens is 560 g/mol. The predicted octanol–water partition coefficient (Wildman–Crippen LogP) is 4.58. The van der Waals surface area contributed by atoms with E-state index in [0.717, 1.165) is 27.3 Å². The van der Waals surface area contributed by atoms with E-state index in [2.05, 4.69) is 10.3 Å². The van der Waals surface area contributed by atoms with Gasteiger partial charge in [0.15, 0.2) is 0 Å². The molecule has 0 unspecified atom stereocenters. The zero-order chi connectivity index (χ0) is 29.2. The van der Waals surface area contributed by atoms with Crippen molar-refractivity contribution in [3.8, 4) is 0 Å². The number of rotatable bonds is 12. The second kappa shape index (κ2) is 14.0. The van der Waals surface area contributed by atoms with E-state index in [1.54, 1.807) is 85.2 Å². The van der Waals surface area contributed by atoms with Crippen LogP contribution in [0, 0.1) is 0 Å². The van der Waals surface area contributed by atoms with E-state index in [1.807, 2.05) is 24.3 Å². The van der Waals surface area contributed by atoms with E-state index in [9.17, 15) is 18.0 Å². The van der Waals surface area contributed by atoms with Crippen LogP contribution >= 0.6 is 11.6 Å². The summed E-state index contributed by atoms with van der Waals surface area (Å²) in [5.41, 5.74) is 2.92. The fourth-order valence-corrected chi connectivity index (χ4v) is 5.18. The molecule has 0 saturated carbocycles. The molecule has 41 heavy (non-hydrogen) atoms. The molecule has 1 aromatic heterocycles. The van der Waals surface area contributed by atoms with Crippen LogP contribution in [0.5, 0.6) is 0 Å². The zero-order valence-electron chi connectivity index (χ0n) is 22.6. The van der Waals surface area contributed by atoms with Crippen LogP contribution in [0.3, 0.4) is 0 Å². The smallest absolute Gasteiger partial charge is 0.247 e. The molecule has 0 aliphatic carbocycles. The van der Waals surface area contributed by atoms with Crippen molar-refractivity contribution in [2.45, 2.75) is 25.7 Å². The normalized spacial score (nSPS) is 12.1. The molecule has 3 aromatic carbocycles. The van der Waals surface area contributed by atoms with Gasteiger partial charge in [-0.2, -0.15) is 4.31 Å². The summed E-state index contributed by atoms with van der Waals surface area (Å²) in [5.74, 6) is -0.918. The van der Waals surface area contributed by atoms with Crippen molar-refractivity contribution in [3.05, 3.63) is 137 Å². The Morgan fingerprint density at radius 3 is 2.00 bits per heavy atom. The molecule has 0 bridgehead atoms. The first kappa shape index (κ1) is 29.9. The van der Waals surface area contributed by atoms with Crippen molar-refractivity contribution in [3.63, 3.8) is 0 Å². The van der Waals surface area contributed by atoms with Crippen molar-refractivity contribution in [1.29, 1.82) is 0 Å². The first-order valence-corrected chi connectivity index (χ1v) is 15.2. The SMILES string of the molecule is CS(=O)(=O)N(CC(=O)N(Cc1ccc(Cl)cc1)[C@H](C(=O)NCc1ccncc1)c1ccccc1)Cc1ccccc1. The molecule has 212 valence electrons. The number of nitrogens with one attached hydrogen (secondary N) is 1.